The minimum absolute atomic E-state index is 0.330. The van der Waals surface area contributed by atoms with Crippen LogP contribution in [-0.4, -0.2) is 34.8 Å². The number of aryl methyl sites for hydroxylation is 2. The van der Waals surface area contributed by atoms with E-state index in [9.17, 15) is 9.59 Å². The van der Waals surface area contributed by atoms with Crippen LogP contribution in [0.4, 0.5) is 0 Å². The zero-order valence-electron chi connectivity index (χ0n) is 9.77. The molecule has 6 nitrogen and oxygen atoms in total. The van der Waals surface area contributed by atoms with Crippen molar-refractivity contribution in [2.45, 2.75) is 19.9 Å². The molecule has 0 aliphatic heterocycles. The van der Waals surface area contributed by atoms with Gasteiger partial charge in [-0.3, -0.25) is 9.48 Å². The fourth-order valence-electron chi connectivity index (χ4n) is 1.33. The molecule has 0 aliphatic rings. The van der Waals surface area contributed by atoms with E-state index < -0.39 is 12.0 Å². The molecule has 1 heterocycles. The second kappa shape index (κ2) is 4.78. The van der Waals surface area contributed by atoms with Crippen molar-refractivity contribution in [3.8, 4) is 0 Å². The van der Waals surface area contributed by atoms with E-state index in [1.807, 2.05) is 0 Å². The molecule has 1 N–H and O–H groups in total. The predicted molar refractivity (Wildman–Crippen MR) is 56.9 cm³/mol. The molecule has 1 amide bonds. The summed E-state index contributed by atoms with van der Waals surface area (Å²) >= 11 is 0. The van der Waals surface area contributed by atoms with Gasteiger partial charge in [-0.15, -0.1) is 0 Å². The Morgan fingerprint density at radius 3 is 2.62 bits per heavy atom. The number of hydrogen-bond donors (Lipinski definition) is 1. The van der Waals surface area contributed by atoms with Gasteiger partial charge in [0.05, 0.1) is 18.4 Å². The van der Waals surface area contributed by atoms with E-state index in [2.05, 4.69) is 15.2 Å². The maximum absolute atomic E-state index is 11.7. The van der Waals surface area contributed by atoms with Crippen molar-refractivity contribution in [3.05, 3.63) is 17.5 Å². The Kier molecular flexibility index (Phi) is 3.65. The lowest BCUT2D eigenvalue weighted by Gasteiger charge is -2.10. The molecule has 0 fully saturated rings. The van der Waals surface area contributed by atoms with Crippen LogP contribution in [0.3, 0.4) is 0 Å². The molecule has 1 rings (SSSR count). The molecule has 0 saturated heterocycles. The highest BCUT2D eigenvalue weighted by Gasteiger charge is 2.19. The molecule has 0 aliphatic carbocycles. The second-order valence-electron chi connectivity index (χ2n) is 3.52. The molecule has 0 saturated carbocycles. The summed E-state index contributed by atoms with van der Waals surface area (Å²) < 4.78 is 6.06. The van der Waals surface area contributed by atoms with Crippen molar-refractivity contribution in [2.75, 3.05) is 7.11 Å². The van der Waals surface area contributed by atoms with Gasteiger partial charge in [-0.25, -0.2) is 4.79 Å². The lowest BCUT2D eigenvalue weighted by atomic mass is 10.2. The van der Waals surface area contributed by atoms with Crippen molar-refractivity contribution in [3.63, 3.8) is 0 Å². The number of carbonyl (C=O) groups excluding carboxylic acids is 2. The Balaban J connectivity index is 2.73. The Morgan fingerprint density at radius 2 is 2.19 bits per heavy atom. The van der Waals surface area contributed by atoms with Gasteiger partial charge in [-0.1, -0.05) is 0 Å². The van der Waals surface area contributed by atoms with Crippen LogP contribution in [0.2, 0.25) is 0 Å². The van der Waals surface area contributed by atoms with Crippen molar-refractivity contribution in [2.24, 2.45) is 7.05 Å². The lowest BCUT2D eigenvalue weighted by Crippen LogP contribution is -2.39. The summed E-state index contributed by atoms with van der Waals surface area (Å²) in [5.41, 5.74) is 1.08. The monoisotopic (exact) mass is 225 g/mol. The van der Waals surface area contributed by atoms with E-state index in [0.717, 1.165) is 0 Å². The number of nitrogens with one attached hydrogen (secondary N) is 1. The minimum atomic E-state index is -0.669. The maximum Gasteiger partial charge on any atom is 0.328 e. The van der Waals surface area contributed by atoms with Crippen molar-refractivity contribution < 1.29 is 14.3 Å². The molecule has 1 aromatic heterocycles. The third kappa shape index (κ3) is 2.59. The topological polar surface area (TPSA) is 73.2 Å². The smallest absolute Gasteiger partial charge is 0.328 e. The number of aromatic nitrogens is 2. The van der Waals surface area contributed by atoms with Crippen molar-refractivity contribution >= 4 is 11.9 Å². The van der Waals surface area contributed by atoms with Gasteiger partial charge in [0.2, 0.25) is 0 Å². The Labute approximate surface area is 93.6 Å². The Bertz CT molecular complexity index is 411. The van der Waals surface area contributed by atoms with E-state index in [1.54, 1.807) is 31.8 Å². The van der Waals surface area contributed by atoms with E-state index in [1.165, 1.54) is 7.11 Å². The number of hydrogen-bond acceptors (Lipinski definition) is 4. The number of amides is 1. The molecule has 1 atom stereocenters. The second-order valence-corrected chi connectivity index (χ2v) is 3.52. The van der Waals surface area contributed by atoms with E-state index in [-0.39, 0.29) is 5.91 Å². The van der Waals surface area contributed by atoms with Gasteiger partial charge < -0.3 is 10.1 Å². The fraction of sp³-hybridized carbons (Fsp3) is 0.500. The normalized spacial score (nSPS) is 12.0. The van der Waals surface area contributed by atoms with Gasteiger partial charge in [0, 0.05) is 13.2 Å². The number of rotatable bonds is 3. The van der Waals surface area contributed by atoms with Crippen LogP contribution in [0.1, 0.15) is 23.0 Å². The van der Waals surface area contributed by atoms with Gasteiger partial charge in [0.15, 0.2) is 0 Å². The summed E-state index contributed by atoms with van der Waals surface area (Å²) in [6.45, 7) is 3.30. The Morgan fingerprint density at radius 1 is 1.56 bits per heavy atom. The first kappa shape index (κ1) is 12.2. The summed E-state index contributed by atoms with van der Waals surface area (Å²) in [5.74, 6) is -0.807. The van der Waals surface area contributed by atoms with E-state index in [4.69, 9.17) is 0 Å². The third-order valence-corrected chi connectivity index (χ3v) is 2.16. The van der Waals surface area contributed by atoms with Gasteiger partial charge >= 0.3 is 5.97 Å². The number of methoxy groups -OCH3 is 1. The SMILES string of the molecule is COC(=O)C(C)NC(=O)c1cn(C)nc1C. The first-order chi connectivity index (χ1) is 7.45. The predicted octanol–water partition coefficient (Wildman–Crippen LogP) is 0.0198. The van der Waals surface area contributed by atoms with Crippen LogP contribution in [0.25, 0.3) is 0 Å². The Hall–Kier alpha value is -1.85. The van der Waals surface area contributed by atoms with Crippen LogP contribution in [0.5, 0.6) is 0 Å². The highest BCUT2D eigenvalue weighted by Crippen LogP contribution is 2.04. The average molecular weight is 225 g/mol. The first-order valence-corrected chi connectivity index (χ1v) is 4.84. The van der Waals surface area contributed by atoms with Crippen LogP contribution in [-0.2, 0) is 16.6 Å². The maximum atomic E-state index is 11.7. The van der Waals surface area contributed by atoms with Crippen molar-refractivity contribution in [1.29, 1.82) is 0 Å². The first-order valence-electron chi connectivity index (χ1n) is 4.84. The molecule has 0 bridgehead atoms. The summed E-state index contributed by atoms with van der Waals surface area (Å²) in [5, 5.41) is 6.58. The highest BCUT2D eigenvalue weighted by molar-refractivity contribution is 5.97. The summed E-state index contributed by atoms with van der Waals surface area (Å²) in [7, 11) is 3.01. The molecule has 0 radical (unpaired) electrons. The van der Waals surface area contributed by atoms with E-state index in [0.29, 0.717) is 11.3 Å². The third-order valence-electron chi connectivity index (χ3n) is 2.16. The molecular formula is C10H15N3O3. The largest absolute Gasteiger partial charge is 0.467 e. The average Bonchev–Trinajstić information content (AvgIpc) is 2.56. The van der Waals surface area contributed by atoms with Gasteiger partial charge in [0.1, 0.15) is 6.04 Å². The van der Waals surface area contributed by atoms with Crippen LogP contribution >= 0.6 is 0 Å². The van der Waals surface area contributed by atoms with Gasteiger partial charge in [-0.2, -0.15) is 5.10 Å². The highest BCUT2D eigenvalue weighted by atomic mass is 16.5. The molecule has 16 heavy (non-hydrogen) atoms. The fourth-order valence-corrected chi connectivity index (χ4v) is 1.33. The quantitative estimate of drug-likeness (QED) is 0.736. The number of ether oxygens (including phenoxy) is 1. The molecule has 1 unspecified atom stereocenters. The number of nitrogens with zero attached hydrogens (tertiary/aromatic N) is 2. The number of carbonyl (C=O) groups is 2. The summed E-state index contributed by atoms with van der Waals surface area (Å²) in [4.78, 5) is 22.8. The molecule has 88 valence electrons. The molecule has 6 heteroatoms. The molecule has 0 spiro atoms. The lowest BCUT2D eigenvalue weighted by molar-refractivity contribution is -0.142. The van der Waals surface area contributed by atoms with Gasteiger partial charge in [0.25, 0.3) is 5.91 Å². The van der Waals surface area contributed by atoms with Crippen LogP contribution in [0, 0.1) is 6.92 Å². The molecule has 0 aromatic carbocycles. The molecule has 1 aromatic rings. The number of esters is 1. The van der Waals surface area contributed by atoms with Crippen LogP contribution in [0.15, 0.2) is 6.20 Å². The van der Waals surface area contributed by atoms with Gasteiger partial charge in [-0.05, 0) is 13.8 Å². The van der Waals surface area contributed by atoms with Crippen LogP contribution < -0.4 is 5.32 Å². The minimum Gasteiger partial charge on any atom is -0.467 e. The standard InChI is InChI=1S/C10H15N3O3/c1-6-8(5-13(3)12-6)9(14)11-7(2)10(15)16-4/h5,7H,1-4H3,(H,11,14). The zero-order chi connectivity index (χ0) is 12.3. The molecular weight excluding hydrogens is 210 g/mol. The van der Waals surface area contributed by atoms with Crippen molar-refractivity contribution in [1.82, 2.24) is 15.1 Å². The van der Waals surface area contributed by atoms with E-state index >= 15 is 0 Å². The zero-order valence-corrected chi connectivity index (χ0v) is 9.77. The summed E-state index contributed by atoms with van der Waals surface area (Å²) in [6.07, 6.45) is 1.61. The summed E-state index contributed by atoms with van der Waals surface area (Å²) in [6, 6.07) is -0.669.